The van der Waals surface area contributed by atoms with Gasteiger partial charge < -0.3 is 0 Å². The van der Waals surface area contributed by atoms with Crippen LogP contribution in [-0.4, -0.2) is 0 Å². The summed E-state index contributed by atoms with van der Waals surface area (Å²) in [5, 5.41) is 0. The first-order valence-corrected chi connectivity index (χ1v) is 5.15. The molecule has 0 radical (unpaired) electrons. The highest BCUT2D eigenvalue weighted by Crippen LogP contribution is 2.01. The Labute approximate surface area is 78.4 Å². The Kier molecular flexibility index (Phi) is 15.3. The molecule has 0 heterocycles. The van der Waals surface area contributed by atoms with Crippen molar-refractivity contribution >= 4 is 0 Å². The lowest BCUT2D eigenvalue weighted by Gasteiger charge is -1.91. The number of hydrogen-bond donors (Lipinski definition) is 0. The van der Waals surface area contributed by atoms with Crippen LogP contribution in [0.1, 0.15) is 53.4 Å². The van der Waals surface area contributed by atoms with Crippen LogP contribution in [0.5, 0.6) is 0 Å². The van der Waals surface area contributed by atoms with E-state index in [2.05, 4.69) is 32.6 Å². The molecule has 0 fully saturated rings. The van der Waals surface area contributed by atoms with Gasteiger partial charge in [0.25, 0.3) is 0 Å². The van der Waals surface area contributed by atoms with Crippen LogP contribution in [0.4, 0.5) is 0 Å². The average molecular weight is 168 g/mol. The van der Waals surface area contributed by atoms with Gasteiger partial charge in [-0.2, -0.15) is 0 Å². The minimum absolute atomic E-state index is 1.07. The second-order valence-electron chi connectivity index (χ2n) is 2.56. The lowest BCUT2D eigenvalue weighted by atomic mass is 10.2. The van der Waals surface area contributed by atoms with E-state index >= 15 is 0 Å². The zero-order valence-corrected chi connectivity index (χ0v) is 9.19. The fraction of sp³-hybridized carbons (Fsp3) is 0.667. The van der Waals surface area contributed by atoms with Crippen molar-refractivity contribution in [1.82, 2.24) is 0 Å². The van der Waals surface area contributed by atoms with Gasteiger partial charge in [0.2, 0.25) is 0 Å². The summed E-state index contributed by atoms with van der Waals surface area (Å²) in [4.78, 5) is 0. The van der Waals surface area contributed by atoms with Crippen molar-refractivity contribution in [1.29, 1.82) is 0 Å². The van der Waals surface area contributed by atoms with Gasteiger partial charge in [-0.05, 0) is 12.8 Å². The molecule has 0 amide bonds. The van der Waals surface area contributed by atoms with Gasteiger partial charge in [-0.15, -0.1) is 0 Å². The minimum atomic E-state index is 1.07. The fourth-order valence-corrected chi connectivity index (χ4v) is 0.690. The van der Waals surface area contributed by atoms with Crippen LogP contribution >= 0.6 is 0 Å². The molecule has 0 saturated heterocycles. The van der Waals surface area contributed by atoms with E-state index in [1.807, 2.05) is 13.8 Å². The standard InChI is InChI=1S/C10H18.C2H6/c1-4-6-7-8-9-10(3)5-2;1-2/h8-9H,3-7H2,1-2H3;1-2H3/b9-8-;. The molecule has 0 heteroatoms. The summed E-state index contributed by atoms with van der Waals surface area (Å²) in [5.74, 6) is 0. The molecule has 0 nitrogen and oxygen atoms in total. The Bertz CT molecular complexity index is 109. The van der Waals surface area contributed by atoms with Crippen LogP contribution in [0, 0.1) is 0 Å². The molecule has 0 aliphatic rings. The largest absolute Gasteiger partial charge is 0.0959 e. The molecule has 0 aromatic rings. The van der Waals surface area contributed by atoms with Gasteiger partial charge in [-0.25, -0.2) is 0 Å². The lowest BCUT2D eigenvalue weighted by Crippen LogP contribution is -1.70. The van der Waals surface area contributed by atoms with E-state index < -0.39 is 0 Å². The van der Waals surface area contributed by atoms with E-state index in [1.54, 1.807) is 0 Å². The van der Waals surface area contributed by atoms with Crippen molar-refractivity contribution in [2.45, 2.75) is 53.4 Å². The highest BCUT2D eigenvalue weighted by molar-refractivity contribution is 5.13. The molecule has 0 aliphatic carbocycles. The second kappa shape index (κ2) is 13.1. The summed E-state index contributed by atoms with van der Waals surface area (Å²) in [7, 11) is 0. The third-order valence-corrected chi connectivity index (χ3v) is 1.53. The van der Waals surface area contributed by atoms with Crippen LogP contribution in [0.2, 0.25) is 0 Å². The van der Waals surface area contributed by atoms with Crippen molar-refractivity contribution in [2.24, 2.45) is 0 Å². The Morgan fingerprint density at radius 2 is 1.83 bits per heavy atom. The molecule has 72 valence electrons. The Hall–Kier alpha value is -0.520. The second-order valence-corrected chi connectivity index (χ2v) is 2.56. The first-order chi connectivity index (χ1) is 5.81. The quantitative estimate of drug-likeness (QED) is 0.411. The summed E-state index contributed by atoms with van der Waals surface area (Å²) in [5.41, 5.74) is 1.23. The molecule has 0 aromatic heterocycles. The molecular formula is C12H24. The van der Waals surface area contributed by atoms with Crippen molar-refractivity contribution in [2.75, 3.05) is 0 Å². The molecule has 0 spiro atoms. The van der Waals surface area contributed by atoms with Crippen LogP contribution in [0.25, 0.3) is 0 Å². The van der Waals surface area contributed by atoms with Crippen molar-refractivity contribution < 1.29 is 0 Å². The molecule has 0 unspecified atom stereocenters. The Morgan fingerprint density at radius 1 is 1.25 bits per heavy atom. The normalized spacial score (nSPS) is 9.33. The first-order valence-electron chi connectivity index (χ1n) is 5.15. The van der Waals surface area contributed by atoms with Crippen molar-refractivity contribution in [3.8, 4) is 0 Å². The van der Waals surface area contributed by atoms with Gasteiger partial charge in [0, 0.05) is 0 Å². The fourth-order valence-electron chi connectivity index (χ4n) is 0.690. The molecule has 0 aliphatic heterocycles. The van der Waals surface area contributed by atoms with Gasteiger partial charge in [-0.3, -0.25) is 0 Å². The summed E-state index contributed by atoms with van der Waals surface area (Å²) in [6, 6.07) is 0. The summed E-state index contributed by atoms with van der Waals surface area (Å²) in [6.45, 7) is 12.2. The SMILES string of the molecule is C=C(/C=C\CCCC)CC.CC. The monoisotopic (exact) mass is 168 g/mol. The number of hydrogen-bond acceptors (Lipinski definition) is 0. The summed E-state index contributed by atoms with van der Waals surface area (Å²) in [6.07, 6.45) is 9.21. The van der Waals surface area contributed by atoms with Crippen molar-refractivity contribution in [3.05, 3.63) is 24.3 Å². The van der Waals surface area contributed by atoms with Gasteiger partial charge in [0.1, 0.15) is 0 Å². The van der Waals surface area contributed by atoms with Crippen molar-refractivity contribution in [3.63, 3.8) is 0 Å². The molecule has 0 N–H and O–H groups in total. The van der Waals surface area contributed by atoms with E-state index in [4.69, 9.17) is 0 Å². The van der Waals surface area contributed by atoms with Gasteiger partial charge in [-0.1, -0.05) is 64.8 Å². The molecule has 12 heavy (non-hydrogen) atoms. The van der Waals surface area contributed by atoms with Crippen LogP contribution in [0.15, 0.2) is 24.3 Å². The van der Waals surface area contributed by atoms with Crippen LogP contribution in [0.3, 0.4) is 0 Å². The van der Waals surface area contributed by atoms with Gasteiger partial charge >= 0.3 is 0 Å². The average Bonchev–Trinajstić information content (AvgIpc) is 2.15. The van der Waals surface area contributed by atoms with E-state index in [0.29, 0.717) is 0 Å². The predicted octanol–water partition coefficient (Wildman–Crippen LogP) is 4.73. The maximum atomic E-state index is 3.88. The molecular weight excluding hydrogens is 144 g/mol. The number of allylic oxidation sites excluding steroid dienone is 3. The number of unbranched alkanes of at least 4 members (excludes halogenated alkanes) is 2. The minimum Gasteiger partial charge on any atom is -0.0959 e. The molecule has 0 atom stereocenters. The zero-order valence-electron chi connectivity index (χ0n) is 9.19. The molecule has 0 aromatic carbocycles. The maximum absolute atomic E-state index is 3.88. The van der Waals surface area contributed by atoms with Crippen LogP contribution in [-0.2, 0) is 0 Å². The third-order valence-electron chi connectivity index (χ3n) is 1.53. The topological polar surface area (TPSA) is 0 Å². The van der Waals surface area contributed by atoms with E-state index in [0.717, 1.165) is 6.42 Å². The summed E-state index contributed by atoms with van der Waals surface area (Å²) >= 11 is 0. The molecule has 0 bridgehead atoms. The first kappa shape index (κ1) is 14.0. The van der Waals surface area contributed by atoms with Crippen LogP contribution < -0.4 is 0 Å². The van der Waals surface area contributed by atoms with E-state index in [9.17, 15) is 0 Å². The van der Waals surface area contributed by atoms with E-state index in [-0.39, 0.29) is 0 Å². The Balaban J connectivity index is 0. The third kappa shape index (κ3) is 12.2. The highest BCUT2D eigenvalue weighted by Gasteiger charge is 1.80. The zero-order chi connectivity index (χ0) is 9.82. The van der Waals surface area contributed by atoms with Gasteiger partial charge in [0.15, 0.2) is 0 Å². The maximum Gasteiger partial charge on any atom is -0.0313 e. The highest BCUT2D eigenvalue weighted by atomic mass is 13.9. The lowest BCUT2D eigenvalue weighted by molar-refractivity contribution is 0.814. The molecule has 0 rings (SSSR count). The van der Waals surface area contributed by atoms with E-state index in [1.165, 1.54) is 24.8 Å². The summed E-state index contributed by atoms with van der Waals surface area (Å²) < 4.78 is 0. The number of rotatable bonds is 5. The predicted molar refractivity (Wildman–Crippen MR) is 59.4 cm³/mol. The smallest absolute Gasteiger partial charge is 0.0313 e. The van der Waals surface area contributed by atoms with Gasteiger partial charge in [0.05, 0.1) is 0 Å². The Morgan fingerprint density at radius 3 is 2.25 bits per heavy atom. The molecule has 0 saturated carbocycles.